The van der Waals surface area contributed by atoms with Crippen molar-refractivity contribution in [3.63, 3.8) is 0 Å². The van der Waals surface area contributed by atoms with E-state index in [1.165, 1.54) is 107 Å². The summed E-state index contributed by atoms with van der Waals surface area (Å²) in [7, 11) is 0. The Balaban J connectivity index is 1.39. The van der Waals surface area contributed by atoms with E-state index in [0.717, 1.165) is 0 Å². The Hall–Kier alpha value is -3.12. The van der Waals surface area contributed by atoms with Gasteiger partial charge in [0.1, 0.15) is 0 Å². The maximum atomic E-state index is 2.44. The summed E-state index contributed by atoms with van der Waals surface area (Å²) in [5.41, 5.74) is 13.8. The number of hydrogen-bond acceptors (Lipinski definition) is 0. The van der Waals surface area contributed by atoms with E-state index in [2.05, 4.69) is 113 Å². The molecule has 1 aliphatic carbocycles. The lowest BCUT2D eigenvalue weighted by Crippen LogP contribution is -2.15. The van der Waals surface area contributed by atoms with Crippen LogP contribution in [-0.4, -0.2) is 0 Å². The second kappa shape index (κ2) is 11.1. The summed E-state index contributed by atoms with van der Waals surface area (Å²) in [6.07, 6.45) is 10.1. The topological polar surface area (TPSA) is 0 Å². The second-order valence-electron chi connectivity index (χ2n) is 11.5. The van der Waals surface area contributed by atoms with Gasteiger partial charge in [0.15, 0.2) is 0 Å². The molecule has 0 unspecified atom stereocenters. The predicted octanol–water partition coefficient (Wildman–Crippen LogP) is 10.8. The molecule has 0 aliphatic heterocycles. The van der Waals surface area contributed by atoms with Gasteiger partial charge < -0.3 is 0 Å². The average Bonchev–Trinajstić information content (AvgIpc) is 3.15. The highest BCUT2D eigenvalue weighted by molar-refractivity contribution is 5.85. The number of rotatable bonds is 10. The largest absolute Gasteiger partial charge is 0.0654 e. The molecule has 0 heteroatoms. The van der Waals surface area contributed by atoms with Crippen LogP contribution in [0, 0.1) is 0 Å². The van der Waals surface area contributed by atoms with Crippen molar-refractivity contribution in [3.05, 3.63) is 107 Å². The van der Waals surface area contributed by atoms with E-state index < -0.39 is 0 Å². The highest BCUT2D eigenvalue weighted by atomic mass is 14.4. The monoisotopic (exact) mass is 486 g/mol. The molecule has 0 fully saturated rings. The molecule has 5 rings (SSSR count). The first kappa shape index (κ1) is 25.5. The quantitative estimate of drug-likeness (QED) is 0.196. The number of benzene rings is 4. The molecule has 0 N–H and O–H groups in total. The predicted molar refractivity (Wildman–Crippen MR) is 161 cm³/mol. The molecule has 0 nitrogen and oxygen atoms in total. The molecule has 0 radical (unpaired) electrons. The summed E-state index contributed by atoms with van der Waals surface area (Å²) >= 11 is 0. The zero-order valence-electron chi connectivity index (χ0n) is 23.2. The highest BCUT2D eigenvalue weighted by Gasteiger charge is 2.35. The van der Waals surface area contributed by atoms with Gasteiger partial charge >= 0.3 is 0 Å². The van der Waals surface area contributed by atoms with Crippen molar-refractivity contribution in [2.45, 2.75) is 84.5 Å². The summed E-state index contributed by atoms with van der Waals surface area (Å²) in [5, 5.41) is 0. The van der Waals surface area contributed by atoms with Gasteiger partial charge in [-0.2, -0.15) is 0 Å². The van der Waals surface area contributed by atoms with Crippen LogP contribution in [0.1, 0.15) is 88.5 Å². The van der Waals surface area contributed by atoms with Crippen molar-refractivity contribution < 1.29 is 0 Å². The lowest BCUT2D eigenvalue weighted by molar-refractivity contribution is 0.661. The van der Waals surface area contributed by atoms with Crippen LogP contribution in [0.2, 0.25) is 0 Å². The van der Waals surface area contributed by atoms with Gasteiger partial charge in [0, 0.05) is 5.41 Å². The Kier molecular flexibility index (Phi) is 7.65. The fourth-order valence-corrected chi connectivity index (χ4v) is 5.98. The Morgan fingerprint density at radius 3 is 1.22 bits per heavy atom. The van der Waals surface area contributed by atoms with Crippen LogP contribution in [0.25, 0.3) is 33.4 Å². The third-order valence-electron chi connectivity index (χ3n) is 8.39. The van der Waals surface area contributed by atoms with Gasteiger partial charge in [-0.1, -0.05) is 126 Å². The fraction of sp³-hybridized carbons (Fsp3) is 0.351. The van der Waals surface area contributed by atoms with E-state index in [-0.39, 0.29) is 5.41 Å². The number of aryl methyl sites for hydroxylation is 2. The number of unbranched alkanes of at least 4 members (excludes halogenated alkanes) is 4. The minimum absolute atomic E-state index is 0.0170. The summed E-state index contributed by atoms with van der Waals surface area (Å²) in [6.45, 7) is 9.31. The maximum Gasteiger partial charge on any atom is 0.0159 e. The third kappa shape index (κ3) is 5.30. The molecule has 1 aliphatic rings. The SMILES string of the molecule is CCCCCc1ccc(-c2ccc3c(c2)C(C)(C)c2cc(-c4ccc(CCCCC)cc4)ccc2-3)cc1. The van der Waals surface area contributed by atoms with Gasteiger partial charge in [-0.25, -0.2) is 0 Å². The lowest BCUT2D eigenvalue weighted by atomic mass is 9.81. The number of fused-ring (bicyclic) bond motifs is 3. The summed E-state index contributed by atoms with van der Waals surface area (Å²) < 4.78 is 0. The zero-order valence-corrected chi connectivity index (χ0v) is 23.2. The molecule has 4 aromatic carbocycles. The van der Waals surface area contributed by atoms with Crippen LogP contribution < -0.4 is 0 Å². The summed E-state index contributed by atoms with van der Waals surface area (Å²) in [6, 6.07) is 32.7. The molecule has 0 bridgehead atoms. The van der Waals surface area contributed by atoms with Crippen molar-refractivity contribution in [2.24, 2.45) is 0 Å². The molecule has 0 amide bonds. The van der Waals surface area contributed by atoms with Gasteiger partial charge in [0.05, 0.1) is 0 Å². The smallest absolute Gasteiger partial charge is 0.0159 e. The minimum atomic E-state index is -0.0170. The van der Waals surface area contributed by atoms with Crippen molar-refractivity contribution in [2.75, 3.05) is 0 Å². The molecule has 0 heterocycles. The van der Waals surface area contributed by atoms with Gasteiger partial charge in [-0.15, -0.1) is 0 Å². The molecule has 0 atom stereocenters. The lowest BCUT2D eigenvalue weighted by Gasteiger charge is -2.22. The highest BCUT2D eigenvalue weighted by Crippen LogP contribution is 2.50. The van der Waals surface area contributed by atoms with Gasteiger partial charge in [-0.3, -0.25) is 0 Å². The molecular weight excluding hydrogens is 444 g/mol. The van der Waals surface area contributed by atoms with Crippen molar-refractivity contribution in [1.82, 2.24) is 0 Å². The average molecular weight is 487 g/mol. The van der Waals surface area contributed by atoms with Crippen LogP contribution in [0.5, 0.6) is 0 Å². The second-order valence-corrected chi connectivity index (χ2v) is 11.5. The van der Waals surface area contributed by atoms with Crippen LogP contribution >= 0.6 is 0 Å². The molecule has 0 spiro atoms. The molecule has 0 saturated carbocycles. The molecule has 37 heavy (non-hydrogen) atoms. The Morgan fingerprint density at radius 2 is 0.838 bits per heavy atom. The molecular formula is C37H42. The number of hydrogen-bond donors (Lipinski definition) is 0. The van der Waals surface area contributed by atoms with E-state index in [0.29, 0.717) is 0 Å². The van der Waals surface area contributed by atoms with E-state index in [4.69, 9.17) is 0 Å². The molecule has 0 aromatic heterocycles. The maximum absolute atomic E-state index is 2.44. The molecule has 190 valence electrons. The van der Waals surface area contributed by atoms with E-state index >= 15 is 0 Å². The van der Waals surface area contributed by atoms with E-state index in [1.807, 2.05) is 0 Å². The fourth-order valence-electron chi connectivity index (χ4n) is 5.98. The summed E-state index contributed by atoms with van der Waals surface area (Å²) in [5.74, 6) is 0. The summed E-state index contributed by atoms with van der Waals surface area (Å²) in [4.78, 5) is 0. The third-order valence-corrected chi connectivity index (χ3v) is 8.39. The first-order valence-corrected chi connectivity index (χ1v) is 14.5. The van der Waals surface area contributed by atoms with Gasteiger partial charge in [0.25, 0.3) is 0 Å². The zero-order chi connectivity index (χ0) is 25.8. The van der Waals surface area contributed by atoms with Crippen LogP contribution in [0.15, 0.2) is 84.9 Å². The Labute approximate surface area is 224 Å². The Bertz CT molecular complexity index is 1230. The van der Waals surface area contributed by atoms with Crippen LogP contribution in [0.4, 0.5) is 0 Å². The van der Waals surface area contributed by atoms with Crippen molar-refractivity contribution in [1.29, 1.82) is 0 Å². The normalized spacial score (nSPS) is 13.4. The standard InChI is InChI=1S/C37H42/c1-5-7-9-11-27-13-17-29(18-14-27)31-21-23-33-34-24-22-32(26-36(34)37(3,4)35(33)25-31)30-19-15-28(16-20-30)12-10-8-6-2/h13-26H,5-12H2,1-4H3. The minimum Gasteiger partial charge on any atom is -0.0654 e. The van der Waals surface area contributed by atoms with Crippen molar-refractivity contribution in [3.8, 4) is 33.4 Å². The van der Waals surface area contributed by atoms with Crippen molar-refractivity contribution >= 4 is 0 Å². The van der Waals surface area contributed by atoms with E-state index in [9.17, 15) is 0 Å². The van der Waals surface area contributed by atoms with E-state index in [1.54, 1.807) is 0 Å². The molecule has 0 saturated heterocycles. The van der Waals surface area contributed by atoms with Gasteiger partial charge in [-0.05, 0) is 93.5 Å². The van der Waals surface area contributed by atoms with Gasteiger partial charge in [0.2, 0.25) is 0 Å². The first-order chi connectivity index (χ1) is 18.0. The van der Waals surface area contributed by atoms with Crippen LogP contribution in [0.3, 0.4) is 0 Å². The Morgan fingerprint density at radius 1 is 0.459 bits per heavy atom. The molecule has 4 aromatic rings. The van der Waals surface area contributed by atoms with Crippen LogP contribution in [-0.2, 0) is 18.3 Å². The first-order valence-electron chi connectivity index (χ1n) is 14.5.